The Kier molecular flexibility index (Phi) is 4.14. The number of likely N-dealkylation sites (tertiary alicyclic amines) is 1. The summed E-state index contributed by atoms with van der Waals surface area (Å²) < 4.78 is 5.12. The zero-order chi connectivity index (χ0) is 12.4. The van der Waals surface area contributed by atoms with E-state index in [1.807, 2.05) is 0 Å². The second kappa shape index (κ2) is 5.44. The number of aromatic nitrogens is 1. The van der Waals surface area contributed by atoms with Crippen molar-refractivity contribution in [2.45, 2.75) is 25.8 Å². The predicted octanol–water partition coefficient (Wildman–Crippen LogP) is 1.13. The van der Waals surface area contributed by atoms with E-state index in [1.54, 1.807) is 18.4 Å². The first-order valence-corrected chi connectivity index (χ1v) is 6.84. The third kappa shape index (κ3) is 2.85. The second-order valence-electron chi connectivity index (χ2n) is 4.71. The molecule has 0 radical (unpaired) electrons. The Labute approximate surface area is 107 Å². The van der Waals surface area contributed by atoms with Gasteiger partial charge in [0.2, 0.25) is 0 Å². The number of rotatable bonds is 4. The van der Waals surface area contributed by atoms with Crippen molar-refractivity contribution in [1.82, 2.24) is 9.88 Å². The molecular weight excluding hydrogens is 234 g/mol. The van der Waals surface area contributed by atoms with Crippen molar-refractivity contribution in [2.75, 3.05) is 33.4 Å². The first-order valence-electron chi connectivity index (χ1n) is 6.02. The maximum atomic E-state index is 6.25. The number of nitrogens with two attached hydrogens (primary N) is 1. The van der Waals surface area contributed by atoms with Crippen molar-refractivity contribution in [2.24, 2.45) is 5.73 Å². The molecule has 0 aromatic carbocycles. The van der Waals surface area contributed by atoms with Crippen LogP contribution in [0.3, 0.4) is 0 Å². The van der Waals surface area contributed by atoms with Gasteiger partial charge in [-0.05, 0) is 13.8 Å². The molecule has 96 valence electrons. The van der Waals surface area contributed by atoms with Crippen LogP contribution in [0.4, 0.5) is 0 Å². The summed E-state index contributed by atoms with van der Waals surface area (Å²) in [4.78, 5) is 8.25. The van der Waals surface area contributed by atoms with E-state index in [1.165, 1.54) is 4.88 Å². The highest BCUT2D eigenvalue weighted by Gasteiger charge is 2.33. The quantitative estimate of drug-likeness (QED) is 0.876. The molecule has 1 fully saturated rings. The van der Waals surface area contributed by atoms with Crippen molar-refractivity contribution in [3.63, 3.8) is 0 Å². The van der Waals surface area contributed by atoms with E-state index in [0.717, 1.165) is 36.9 Å². The van der Waals surface area contributed by atoms with Crippen LogP contribution in [0.5, 0.6) is 0 Å². The molecule has 4 nitrogen and oxygen atoms in total. The molecule has 2 atom stereocenters. The summed E-state index contributed by atoms with van der Waals surface area (Å²) >= 11 is 1.79. The molecule has 5 heteroatoms. The van der Waals surface area contributed by atoms with Crippen molar-refractivity contribution in [3.05, 3.63) is 15.6 Å². The third-order valence-electron chi connectivity index (χ3n) is 3.33. The normalized spacial score (nSPS) is 25.6. The van der Waals surface area contributed by atoms with Crippen molar-refractivity contribution >= 4 is 11.3 Å². The van der Waals surface area contributed by atoms with Gasteiger partial charge in [0.05, 0.1) is 17.3 Å². The largest absolute Gasteiger partial charge is 0.383 e. The van der Waals surface area contributed by atoms with Gasteiger partial charge in [0.15, 0.2) is 0 Å². The average Bonchev–Trinajstić information content (AvgIpc) is 2.79. The summed E-state index contributed by atoms with van der Waals surface area (Å²) in [6.45, 7) is 7.89. The Balaban J connectivity index is 2.05. The zero-order valence-electron chi connectivity index (χ0n) is 10.8. The van der Waals surface area contributed by atoms with E-state index in [4.69, 9.17) is 10.5 Å². The first-order chi connectivity index (χ1) is 8.11. The topological polar surface area (TPSA) is 51.4 Å². The van der Waals surface area contributed by atoms with Crippen LogP contribution in [0.1, 0.15) is 21.5 Å². The van der Waals surface area contributed by atoms with Crippen LogP contribution in [0, 0.1) is 13.8 Å². The second-order valence-corrected chi connectivity index (χ2v) is 5.94. The number of methoxy groups -OCH3 is 1. The smallest absolute Gasteiger partial charge is 0.0900 e. The van der Waals surface area contributed by atoms with Crippen molar-refractivity contribution in [1.29, 1.82) is 0 Å². The van der Waals surface area contributed by atoms with Gasteiger partial charge in [-0.25, -0.2) is 4.98 Å². The molecule has 1 saturated heterocycles. The fourth-order valence-corrected chi connectivity index (χ4v) is 3.58. The van der Waals surface area contributed by atoms with Gasteiger partial charge >= 0.3 is 0 Å². The summed E-state index contributed by atoms with van der Waals surface area (Å²) in [5.41, 5.74) is 7.40. The fourth-order valence-electron chi connectivity index (χ4n) is 2.48. The minimum Gasteiger partial charge on any atom is -0.383 e. The van der Waals surface area contributed by atoms with Crippen LogP contribution in [0.15, 0.2) is 0 Å². The van der Waals surface area contributed by atoms with Gasteiger partial charge in [0, 0.05) is 43.6 Å². The number of thiazole rings is 1. The lowest BCUT2D eigenvalue weighted by Crippen LogP contribution is -2.30. The molecule has 2 heterocycles. The van der Waals surface area contributed by atoms with E-state index >= 15 is 0 Å². The summed E-state index contributed by atoms with van der Waals surface area (Å²) in [7, 11) is 1.74. The minimum absolute atomic E-state index is 0.227. The third-order valence-corrected chi connectivity index (χ3v) is 4.53. The molecule has 2 rings (SSSR count). The van der Waals surface area contributed by atoms with Crippen molar-refractivity contribution < 1.29 is 4.74 Å². The molecule has 1 aromatic heterocycles. The monoisotopic (exact) mass is 255 g/mol. The van der Waals surface area contributed by atoms with Gasteiger partial charge in [-0.3, -0.25) is 4.90 Å². The van der Waals surface area contributed by atoms with Crippen LogP contribution in [0.2, 0.25) is 0 Å². The average molecular weight is 255 g/mol. The van der Waals surface area contributed by atoms with Gasteiger partial charge in [-0.2, -0.15) is 0 Å². The van der Waals surface area contributed by atoms with E-state index in [-0.39, 0.29) is 6.04 Å². The van der Waals surface area contributed by atoms with Gasteiger partial charge in [0.25, 0.3) is 0 Å². The van der Waals surface area contributed by atoms with Gasteiger partial charge < -0.3 is 10.5 Å². The number of ether oxygens (including phenoxy) is 1. The Morgan fingerprint density at radius 2 is 2.24 bits per heavy atom. The summed E-state index contributed by atoms with van der Waals surface area (Å²) in [5.74, 6) is 0.443. The highest BCUT2D eigenvalue weighted by molar-refractivity contribution is 7.11. The molecule has 0 saturated carbocycles. The van der Waals surface area contributed by atoms with E-state index in [0.29, 0.717) is 5.92 Å². The number of hydrogen-bond acceptors (Lipinski definition) is 5. The summed E-state index contributed by atoms with van der Waals surface area (Å²) in [5, 5.41) is 1.14. The highest BCUT2D eigenvalue weighted by Crippen LogP contribution is 2.32. The predicted molar refractivity (Wildman–Crippen MR) is 70.6 cm³/mol. The van der Waals surface area contributed by atoms with E-state index in [2.05, 4.69) is 23.7 Å². The number of hydrogen-bond donors (Lipinski definition) is 1. The molecule has 17 heavy (non-hydrogen) atoms. The van der Waals surface area contributed by atoms with E-state index < -0.39 is 0 Å². The number of nitrogens with zero attached hydrogens (tertiary/aromatic N) is 2. The molecule has 0 bridgehead atoms. The summed E-state index contributed by atoms with van der Waals surface area (Å²) in [6.07, 6.45) is 0. The van der Waals surface area contributed by atoms with Crippen LogP contribution >= 0.6 is 11.3 Å². The zero-order valence-corrected chi connectivity index (χ0v) is 11.6. The Bertz CT molecular complexity index is 380. The lowest BCUT2D eigenvalue weighted by atomic mass is 10.0. The first kappa shape index (κ1) is 13.0. The fraction of sp³-hybridized carbons (Fsp3) is 0.750. The van der Waals surface area contributed by atoms with Crippen LogP contribution in [-0.4, -0.2) is 49.3 Å². The molecular formula is C12H21N3OS. The SMILES string of the molecule is COCCN1CC(N)C(c2sc(C)nc2C)C1. The van der Waals surface area contributed by atoms with Crippen LogP contribution in [-0.2, 0) is 4.74 Å². The van der Waals surface area contributed by atoms with Crippen molar-refractivity contribution in [3.8, 4) is 0 Å². The molecule has 1 aliphatic rings. The lowest BCUT2D eigenvalue weighted by molar-refractivity contribution is 0.160. The van der Waals surface area contributed by atoms with Crippen LogP contribution in [0.25, 0.3) is 0 Å². The Morgan fingerprint density at radius 3 is 2.82 bits per heavy atom. The molecule has 0 amide bonds. The maximum absolute atomic E-state index is 6.25. The molecule has 1 aromatic rings. The van der Waals surface area contributed by atoms with Gasteiger partial charge in [-0.15, -0.1) is 11.3 Å². The Morgan fingerprint density at radius 1 is 1.47 bits per heavy atom. The summed E-state index contributed by atoms with van der Waals surface area (Å²) in [6, 6.07) is 0.227. The van der Waals surface area contributed by atoms with Gasteiger partial charge in [-0.1, -0.05) is 0 Å². The molecule has 1 aliphatic heterocycles. The Hall–Kier alpha value is -0.490. The van der Waals surface area contributed by atoms with Gasteiger partial charge in [0.1, 0.15) is 0 Å². The lowest BCUT2D eigenvalue weighted by Gasteiger charge is -2.14. The molecule has 2 N–H and O–H groups in total. The molecule has 2 unspecified atom stereocenters. The number of aryl methyl sites for hydroxylation is 2. The maximum Gasteiger partial charge on any atom is 0.0900 e. The highest BCUT2D eigenvalue weighted by atomic mass is 32.1. The standard InChI is InChI=1S/C12H21N3OS/c1-8-12(17-9(2)14-8)10-6-15(4-5-16-3)7-11(10)13/h10-11H,4-7,13H2,1-3H3. The van der Waals surface area contributed by atoms with Crippen LogP contribution < -0.4 is 5.73 Å². The molecule has 0 aliphatic carbocycles. The molecule has 0 spiro atoms. The minimum atomic E-state index is 0.227. The van der Waals surface area contributed by atoms with E-state index in [9.17, 15) is 0 Å².